The molecule has 1 aliphatic heterocycles. The summed E-state index contributed by atoms with van der Waals surface area (Å²) in [7, 11) is 1.80. The van der Waals surface area contributed by atoms with Crippen LogP contribution in [-0.2, 0) is 16.0 Å². The predicted octanol–water partition coefficient (Wildman–Crippen LogP) is 1.62. The number of nitrogens with zero attached hydrogens (tertiary/aromatic N) is 1. The summed E-state index contributed by atoms with van der Waals surface area (Å²) < 4.78 is 0. The van der Waals surface area contributed by atoms with E-state index >= 15 is 0 Å². The summed E-state index contributed by atoms with van der Waals surface area (Å²) in [4.78, 5) is 25.5. The molecule has 0 aliphatic carbocycles. The SMILES string of the molecule is CNCCC(=O)NCC(=O)N1CCC(Cc2ccccc2)CC1.Cl. The second-order valence-corrected chi connectivity index (χ2v) is 6.14. The number of likely N-dealkylation sites (tertiary alicyclic amines) is 1. The largest absolute Gasteiger partial charge is 0.347 e. The summed E-state index contributed by atoms with van der Waals surface area (Å²) in [6.45, 7) is 2.34. The summed E-state index contributed by atoms with van der Waals surface area (Å²) in [5, 5.41) is 5.61. The lowest BCUT2D eigenvalue weighted by atomic mass is 9.90. The van der Waals surface area contributed by atoms with Crippen molar-refractivity contribution < 1.29 is 9.59 Å². The quantitative estimate of drug-likeness (QED) is 0.783. The Morgan fingerprint density at radius 3 is 2.46 bits per heavy atom. The van der Waals surface area contributed by atoms with E-state index < -0.39 is 0 Å². The average Bonchev–Trinajstić information content (AvgIpc) is 2.59. The fourth-order valence-corrected chi connectivity index (χ4v) is 2.95. The summed E-state index contributed by atoms with van der Waals surface area (Å²) in [6.07, 6.45) is 3.56. The van der Waals surface area contributed by atoms with Crippen LogP contribution in [-0.4, -0.2) is 49.9 Å². The number of carbonyl (C=O) groups is 2. The lowest BCUT2D eigenvalue weighted by molar-refractivity contribution is -0.134. The molecular formula is C18H28ClN3O2. The Bertz CT molecular complexity index is 502. The van der Waals surface area contributed by atoms with E-state index in [9.17, 15) is 9.59 Å². The molecule has 24 heavy (non-hydrogen) atoms. The van der Waals surface area contributed by atoms with Crippen LogP contribution in [0, 0.1) is 5.92 Å². The van der Waals surface area contributed by atoms with Crippen LogP contribution in [0.4, 0.5) is 0 Å². The van der Waals surface area contributed by atoms with E-state index in [1.165, 1.54) is 5.56 Å². The van der Waals surface area contributed by atoms with Crippen LogP contribution in [0.25, 0.3) is 0 Å². The molecule has 0 radical (unpaired) electrons. The van der Waals surface area contributed by atoms with Crippen molar-refractivity contribution in [2.45, 2.75) is 25.7 Å². The number of amides is 2. The van der Waals surface area contributed by atoms with Gasteiger partial charge in [0.1, 0.15) is 0 Å². The van der Waals surface area contributed by atoms with Crippen molar-refractivity contribution in [3.63, 3.8) is 0 Å². The van der Waals surface area contributed by atoms with Crippen LogP contribution in [0.15, 0.2) is 30.3 Å². The zero-order valence-corrected chi connectivity index (χ0v) is 15.1. The molecule has 1 fully saturated rings. The minimum Gasteiger partial charge on any atom is -0.347 e. The highest BCUT2D eigenvalue weighted by molar-refractivity contribution is 5.85. The molecule has 2 amide bonds. The molecule has 0 saturated carbocycles. The van der Waals surface area contributed by atoms with Gasteiger partial charge in [0.15, 0.2) is 0 Å². The van der Waals surface area contributed by atoms with Gasteiger partial charge in [-0.05, 0) is 37.8 Å². The maximum Gasteiger partial charge on any atom is 0.241 e. The third-order valence-electron chi connectivity index (χ3n) is 4.37. The summed E-state index contributed by atoms with van der Waals surface area (Å²) >= 11 is 0. The van der Waals surface area contributed by atoms with Crippen molar-refractivity contribution in [3.05, 3.63) is 35.9 Å². The van der Waals surface area contributed by atoms with Crippen molar-refractivity contribution in [1.82, 2.24) is 15.5 Å². The van der Waals surface area contributed by atoms with Crippen molar-refractivity contribution in [2.75, 3.05) is 33.2 Å². The number of hydrogen-bond acceptors (Lipinski definition) is 3. The Kier molecular flexibility index (Phi) is 9.42. The molecule has 5 nitrogen and oxygen atoms in total. The van der Waals surface area contributed by atoms with Crippen LogP contribution in [0.1, 0.15) is 24.8 Å². The van der Waals surface area contributed by atoms with E-state index in [-0.39, 0.29) is 30.8 Å². The molecule has 1 saturated heterocycles. The lowest BCUT2D eigenvalue weighted by Gasteiger charge is -2.32. The standard InChI is InChI=1S/C18H27N3O2.ClH/c1-19-10-7-17(22)20-14-18(23)21-11-8-16(9-12-21)13-15-5-3-2-4-6-15;/h2-6,16,19H,7-14H2,1H3,(H,20,22);1H. The van der Waals surface area contributed by atoms with Gasteiger partial charge in [-0.25, -0.2) is 0 Å². The van der Waals surface area contributed by atoms with Crippen molar-refractivity contribution >= 4 is 24.2 Å². The number of nitrogens with one attached hydrogen (secondary N) is 2. The summed E-state index contributed by atoms with van der Waals surface area (Å²) in [6, 6.07) is 10.5. The number of benzene rings is 1. The number of piperidine rings is 1. The Morgan fingerprint density at radius 2 is 1.83 bits per heavy atom. The van der Waals surface area contributed by atoms with E-state index in [1.807, 2.05) is 11.0 Å². The monoisotopic (exact) mass is 353 g/mol. The minimum absolute atomic E-state index is 0. The molecule has 2 rings (SSSR count). The second-order valence-electron chi connectivity index (χ2n) is 6.14. The Hall–Kier alpha value is -1.59. The molecule has 0 atom stereocenters. The van der Waals surface area contributed by atoms with Gasteiger partial charge in [0, 0.05) is 26.1 Å². The van der Waals surface area contributed by atoms with Crippen molar-refractivity contribution in [1.29, 1.82) is 0 Å². The van der Waals surface area contributed by atoms with Crippen molar-refractivity contribution in [2.24, 2.45) is 5.92 Å². The third-order valence-corrected chi connectivity index (χ3v) is 4.37. The zero-order chi connectivity index (χ0) is 16.5. The molecule has 134 valence electrons. The van der Waals surface area contributed by atoms with E-state index in [2.05, 4.69) is 34.9 Å². The van der Waals surface area contributed by atoms with Crippen LogP contribution >= 0.6 is 12.4 Å². The summed E-state index contributed by atoms with van der Waals surface area (Å²) in [5.41, 5.74) is 1.37. The number of halogens is 1. The number of rotatable bonds is 7. The molecule has 1 aliphatic rings. The van der Waals surface area contributed by atoms with E-state index in [4.69, 9.17) is 0 Å². The molecule has 1 heterocycles. The maximum absolute atomic E-state index is 12.1. The molecule has 1 aromatic rings. The second kappa shape index (κ2) is 11.0. The van der Waals surface area contributed by atoms with Gasteiger partial charge < -0.3 is 15.5 Å². The van der Waals surface area contributed by atoms with Crippen LogP contribution < -0.4 is 10.6 Å². The molecule has 0 spiro atoms. The zero-order valence-electron chi connectivity index (χ0n) is 14.3. The highest BCUT2D eigenvalue weighted by Crippen LogP contribution is 2.21. The topological polar surface area (TPSA) is 61.4 Å². The fraction of sp³-hybridized carbons (Fsp3) is 0.556. The average molecular weight is 354 g/mol. The van der Waals surface area contributed by atoms with Crippen LogP contribution in [0.2, 0.25) is 0 Å². The lowest BCUT2D eigenvalue weighted by Crippen LogP contribution is -2.44. The smallest absolute Gasteiger partial charge is 0.241 e. The molecule has 1 aromatic carbocycles. The van der Waals surface area contributed by atoms with Gasteiger partial charge in [0.05, 0.1) is 6.54 Å². The van der Waals surface area contributed by atoms with Gasteiger partial charge in [-0.3, -0.25) is 9.59 Å². The molecule has 0 aromatic heterocycles. The van der Waals surface area contributed by atoms with Crippen LogP contribution in [0.3, 0.4) is 0 Å². The fourth-order valence-electron chi connectivity index (χ4n) is 2.95. The van der Waals surface area contributed by atoms with Gasteiger partial charge in [-0.15, -0.1) is 12.4 Å². The van der Waals surface area contributed by atoms with Gasteiger partial charge in [0.2, 0.25) is 11.8 Å². The third kappa shape index (κ3) is 6.89. The van der Waals surface area contributed by atoms with E-state index in [1.54, 1.807) is 7.05 Å². The highest BCUT2D eigenvalue weighted by atomic mass is 35.5. The molecule has 2 N–H and O–H groups in total. The molecule has 0 bridgehead atoms. The first kappa shape index (κ1) is 20.5. The maximum atomic E-state index is 12.1. The first-order valence-electron chi connectivity index (χ1n) is 8.42. The molecular weight excluding hydrogens is 326 g/mol. The normalized spacial score (nSPS) is 14.8. The van der Waals surface area contributed by atoms with E-state index in [0.29, 0.717) is 18.9 Å². The predicted molar refractivity (Wildman–Crippen MR) is 98.3 cm³/mol. The minimum atomic E-state index is -0.0772. The highest BCUT2D eigenvalue weighted by Gasteiger charge is 2.22. The molecule has 0 unspecified atom stereocenters. The summed E-state index contributed by atoms with van der Waals surface area (Å²) in [5.74, 6) is 0.597. The van der Waals surface area contributed by atoms with Gasteiger partial charge in [0.25, 0.3) is 0 Å². The van der Waals surface area contributed by atoms with Gasteiger partial charge >= 0.3 is 0 Å². The Balaban J connectivity index is 0.00000288. The Labute approximate surface area is 150 Å². The Morgan fingerprint density at radius 1 is 1.17 bits per heavy atom. The van der Waals surface area contributed by atoms with E-state index in [0.717, 1.165) is 32.4 Å². The van der Waals surface area contributed by atoms with Crippen LogP contribution in [0.5, 0.6) is 0 Å². The van der Waals surface area contributed by atoms with Gasteiger partial charge in [-0.2, -0.15) is 0 Å². The molecule has 6 heteroatoms. The first-order chi connectivity index (χ1) is 11.2. The first-order valence-corrected chi connectivity index (χ1v) is 8.42. The van der Waals surface area contributed by atoms with Crippen molar-refractivity contribution in [3.8, 4) is 0 Å². The number of hydrogen-bond donors (Lipinski definition) is 2. The number of carbonyl (C=O) groups excluding carboxylic acids is 2. The van der Waals surface area contributed by atoms with Gasteiger partial charge in [-0.1, -0.05) is 30.3 Å².